The molecular formula is C9H16N2O3S. The zero-order valence-corrected chi connectivity index (χ0v) is 9.71. The van der Waals surface area contributed by atoms with Gasteiger partial charge in [0.05, 0.1) is 6.04 Å². The molecule has 86 valence electrons. The van der Waals surface area contributed by atoms with Gasteiger partial charge in [-0.25, -0.2) is 0 Å². The maximum absolute atomic E-state index is 11.9. The highest BCUT2D eigenvalue weighted by Gasteiger charge is 2.29. The highest BCUT2D eigenvalue weighted by molar-refractivity contribution is 7.99. The molecule has 5 nitrogen and oxygen atoms in total. The normalized spacial score (nSPS) is 20.6. The summed E-state index contributed by atoms with van der Waals surface area (Å²) in [6.45, 7) is 3.42. The molecular weight excluding hydrogens is 216 g/mol. The number of thioether (sulfide) groups is 1. The molecule has 1 aliphatic rings. The Hall–Kier alpha value is -0.750. The second-order valence-electron chi connectivity index (χ2n) is 3.73. The molecule has 6 heteroatoms. The average molecular weight is 232 g/mol. The Morgan fingerprint density at radius 3 is 2.67 bits per heavy atom. The minimum absolute atomic E-state index is 0.0824. The Morgan fingerprint density at radius 1 is 1.60 bits per heavy atom. The van der Waals surface area contributed by atoms with Gasteiger partial charge in [0.2, 0.25) is 5.91 Å². The van der Waals surface area contributed by atoms with Crippen molar-refractivity contribution < 1.29 is 14.7 Å². The number of carbonyl (C=O) groups is 2. The monoisotopic (exact) mass is 232 g/mol. The molecule has 0 aromatic carbocycles. The van der Waals surface area contributed by atoms with Crippen molar-refractivity contribution >= 4 is 23.6 Å². The van der Waals surface area contributed by atoms with Crippen molar-refractivity contribution in [3.05, 3.63) is 0 Å². The van der Waals surface area contributed by atoms with Crippen molar-refractivity contribution in [1.82, 2.24) is 10.2 Å². The van der Waals surface area contributed by atoms with Gasteiger partial charge in [0.15, 0.2) is 0 Å². The van der Waals surface area contributed by atoms with Crippen LogP contribution in [0.2, 0.25) is 0 Å². The smallest absolute Gasteiger partial charge is 0.323 e. The molecule has 0 spiro atoms. The fraction of sp³-hybridized carbons (Fsp3) is 0.778. The number of carboxylic acid groups (broad SMARTS) is 1. The molecule has 0 aromatic heterocycles. The molecule has 1 aliphatic heterocycles. The van der Waals surface area contributed by atoms with Crippen LogP contribution < -0.4 is 5.32 Å². The molecule has 1 unspecified atom stereocenters. The van der Waals surface area contributed by atoms with Crippen molar-refractivity contribution in [3.8, 4) is 0 Å². The van der Waals surface area contributed by atoms with Crippen LogP contribution in [0.1, 0.15) is 13.8 Å². The van der Waals surface area contributed by atoms with E-state index in [-0.39, 0.29) is 24.5 Å². The second kappa shape index (κ2) is 5.37. The van der Waals surface area contributed by atoms with Crippen LogP contribution in [-0.4, -0.2) is 52.1 Å². The molecule has 1 heterocycles. The summed E-state index contributed by atoms with van der Waals surface area (Å²) in [6.07, 6.45) is 0. The number of hydrogen-bond acceptors (Lipinski definition) is 4. The number of rotatable bonds is 4. The van der Waals surface area contributed by atoms with E-state index in [4.69, 9.17) is 5.11 Å². The minimum atomic E-state index is -0.970. The molecule has 0 bridgehead atoms. The van der Waals surface area contributed by atoms with Gasteiger partial charge in [0.1, 0.15) is 6.54 Å². The van der Waals surface area contributed by atoms with Gasteiger partial charge in [-0.1, -0.05) is 0 Å². The maximum atomic E-state index is 11.9. The van der Waals surface area contributed by atoms with Crippen LogP contribution >= 0.6 is 11.8 Å². The topological polar surface area (TPSA) is 69.6 Å². The summed E-state index contributed by atoms with van der Waals surface area (Å²) in [4.78, 5) is 23.9. The fourth-order valence-electron chi connectivity index (χ4n) is 1.41. The molecule has 15 heavy (non-hydrogen) atoms. The number of aliphatic carboxylic acids is 1. The Kier molecular flexibility index (Phi) is 4.41. The molecule has 0 aromatic rings. The van der Waals surface area contributed by atoms with Gasteiger partial charge in [-0.2, -0.15) is 0 Å². The van der Waals surface area contributed by atoms with Crippen LogP contribution in [0.3, 0.4) is 0 Å². The van der Waals surface area contributed by atoms with Crippen molar-refractivity contribution in [3.63, 3.8) is 0 Å². The van der Waals surface area contributed by atoms with E-state index in [0.29, 0.717) is 0 Å². The minimum Gasteiger partial charge on any atom is -0.480 e. The number of carbonyl (C=O) groups excluding carboxylic acids is 1. The lowest BCUT2D eigenvalue weighted by atomic mass is 10.2. The Bertz CT molecular complexity index is 252. The van der Waals surface area contributed by atoms with Crippen LogP contribution in [0.5, 0.6) is 0 Å². The van der Waals surface area contributed by atoms with E-state index in [9.17, 15) is 9.59 Å². The summed E-state index contributed by atoms with van der Waals surface area (Å²) in [5.41, 5.74) is 0. The van der Waals surface area contributed by atoms with Gasteiger partial charge >= 0.3 is 5.97 Å². The number of nitrogens with zero attached hydrogens (tertiary/aromatic N) is 1. The van der Waals surface area contributed by atoms with Crippen LogP contribution in [0.25, 0.3) is 0 Å². The zero-order chi connectivity index (χ0) is 11.4. The number of amides is 1. The highest BCUT2D eigenvalue weighted by atomic mass is 32.2. The highest BCUT2D eigenvalue weighted by Crippen LogP contribution is 2.13. The van der Waals surface area contributed by atoms with Gasteiger partial charge in [-0.3, -0.25) is 14.9 Å². The summed E-state index contributed by atoms with van der Waals surface area (Å²) < 4.78 is 0. The second-order valence-corrected chi connectivity index (χ2v) is 4.76. The third-order valence-corrected chi connectivity index (χ3v) is 3.17. The molecule has 1 saturated heterocycles. The first-order chi connectivity index (χ1) is 7.02. The van der Waals surface area contributed by atoms with Crippen LogP contribution in [-0.2, 0) is 9.59 Å². The standard InChI is InChI=1S/C9H16N2O3S/c1-6(2)11(3-8(12)13)9(14)7-4-15-5-10-7/h6-7,10H,3-5H2,1-2H3,(H,12,13). The first kappa shape index (κ1) is 12.3. The van der Waals surface area contributed by atoms with Gasteiger partial charge < -0.3 is 10.0 Å². The van der Waals surface area contributed by atoms with E-state index in [1.54, 1.807) is 11.8 Å². The van der Waals surface area contributed by atoms with E-state index < -0.39 is 5.97 Å². The zero-order valence-electron chi connectivity index (χ0n) is 8.90. The molecule has 0 aliphatic carbocycles. The van der Waals surface area contributed by atoms with Crippen molar-refractivity contribution in [2.75, 3.05) is 18.2 Å². The third-order valence-electron chi connectivity index (χ3n) is 2.23. The van der Waals surface area contributed by atoms with E-state index >= 15 is 0 Å². The molecule has 1 rings (SSSR count). The average Bonchev–Trinajstić information content (AvgIpc) is 2.65. The lowest BCUT2D eigenvalue weighted by molar-refractivity contribution is -0.146. The van der Waals surface area contributed by atoms with Gasteiger partial charge in [-0.15, -0.1) is 11.8 Å². The summed E-state index contributed by atoms with van der Waals surface area (Å²) >= 11 is 1.65. The van der Waals surface area contributed by atoms with E-state index in [1.165, 1.54) is 4.90 Å². The third kappa shape index (κ3) is 3.39. The summed E-state index contributed by atoms with van der Waals surface area (Å²) in [5, 5.41) is 11.7. The molecule has 0 saturated carbocycles. The predicted molar refractivity (Wildman–Crippen MR) is 58.7 cm³/mol. The lowest BCUT2D eigenvalue weighted by Gasteiger charge is -2.27. The number of carboxylic acids is 1. The van der Waals surface area contributed by atoms with Crippen molar-refractivity contribution in [2.45, 2.75) is 25.9 Å². The molecule has 1 fully saturated rings. The first-order valence-corrected chi connectivity index (χ1v) is 6.01. The number of nitrogens with one attached hydrogen (secondary N) is 1. The molecule has 1 atom stereocenters. The molecule has 2 N–H and O–H groups in total. The number of hydrogen-bond donors (Lipinski definition) is 2. The first-order valence-electron chi connectivity index (χ1n) is 4.85. The lowest BCUT2D eigenvalue weighted by Crippen LogP contribution is -2.49. The summed E-state index contributed by atoms with van der Waals surface area (Å²) in [5.74, 6) is 0.400. The predicted octanol–water partition coefficient (Wildman–Crippen LogP) is -0.0295. The van der Waals surface area contributed by atoms with E-state index in [2.05, 4.69) is 5.32 Å². The summed E-state index contributed by atoms with van der Waals surface area (Å²) in [7, 11) is 0. The van der Waals surface area contributed by atoms with Crippen LogP contribution in [0, 0.1) is 0 Å². The van der Waals surface area contributed by atoms with Gasteiger partial charge in [0, 0.05) is 17.7 Å². The SMILES string of the molecule is CC(C)N(CC(=O)O)C(=O)C1CSCN1. The maximum Gasteiger partial charge on any atom is 0.323 e. The van der Waals surface area contributed by atoms with Crippen LogP contribution in [0.4, 0.5) is 0 Å². The van der Waals surface area contributed by atoms with Crippen LogP contribution in [0.15, 0.2) is 0 Å². The molecule has 0 radical (unpaired) electrons. The molecule has 1 amide bonds. The van der Waals surface area contributed by atoms with Crippen molar-refractivity contribution in [1.29, 1.82) is 0 Å². The van der Waals surface area contributed by atoms with E-state index in [1.807, 2.05) is 13.8 Å². The van der Waals surface area contributed by atoms with E-state index in [0.717, 1.165) is 11.6 Å². The van der Waals surface area contributed by atoms with Gasteiger partial charge in [-0.05, 0) is 13.8 Å². The Morgan fingerprint density at radius 2 is 2.27 bits per heavy atom. The Labute approximate surface area is 93.2 Å². The largest absolute Gasteiger partial charge is 0.480 e. The fourth-order valence-corrected chi connectivity index (χ4v) is 2.35. The Balaban J connectivity index is 2.61. The quantitative estimate of drug-likeness (QED) is 0.712. The summed E-state index contributed by atoms with van der Waals surface area (Å²) in [6, 6.07) is -0.308. The van der Waals surface area contributed by atoms with Gasteiger partial charge in [0.25, 0.3) is 0 Å². The van der Waals surface area contributed by atoms with Crippen molar-refractivity contribution in [2.24, 2.45) is 0 Å².